The van der Waals surface area contributed by atoms with Crippen LogP contribution < -0.4 is 15.5 Å². The lowest BCUT2D eigenvalue weighted by molar-refractivity contribution is 0.311. The van der Waals surface area contributed by atoms with Crippen molar-refractivity contribution in [2.45, 2.75) is 12.8 Å². The van der Waals surface area contributed by atoms with Crippen molar-refractivity contribution in [2.24, 2.45) is 0 Å². The van der Waals surface area contributed by atoms with Crippen LogP contribution in [0.15, 0.2) is 48.5 Å². The van der Waals surface area contributed by atoms with Crippen molar-refractivity contribution in [3.63, 3.8) is 0 Å². The summed E-state index contributed by atoms with van der Waals surface area (Å²) < 4.78 is 0. The van der Waals surface area contributed by atoms with Crippen LogP contribution in [0.3, 0.4) is 0 Å². The fourth-order valence-electron chi connectivity index (χ4n) is 3.61. The molecular weight excluding hydrogens is 457 g/mol. The van der Waals surface area contributed by atoms with Crippen LogP contribution in [0.1, 0.15) is 11.1 Å². The van der Waals surface area contributed by atoms with Crippen molar-refractivity contribution in [1.82, 2.24) is 19.9 Å². The van der Waals surface area contributed by atoms with Gasteiger partial charge < -0.3 is 20.4 Å². The van der Waals surface area contributed by atoms with E-state index in [0.29, 0.717) is 17.8 Å². The van der Waals surface area contributed by atoms with Crippen LogP contribution in [-0.2, 0) is 12.8 Å². The van der Waals surface area contributed by atoms with Crippen molar-refractivity contribution in [1.29, 1.82) is 0 Å². The van der Waals surface area contributed by atoms with Crippen LogP contribution in [0.2, 0.25) is 10.0 Å². The Morgan fingerprint density at radius 3 is 1.61 bits per heavy atom. The quantitative estimate of drug-likeness (QED) is 0.469. The molecule has 2 heterocycles. The Kier molecular flexibility index (Phi) is 8.20. The normalized spacial score (nSPS) is 14.3. The van der Waals surface area contributed by atoms with E-state index in [1.54, 1.807) is 0 Å². The number of benzene rings is 2. The number of halogens is 2. The first-order chi connectivity index (χ1) is 16.0. The van der Waals surface area contributed by atoms with Gasteiger partial charge in [0.25, 0.3) is 0 Å². The molecule has 1 saturated heterocycles. The van der Waals surface area contributed by atoms with Crippen molar-refractivity contribution >= 4 is 41.0 Å². The lowest BCUT2D eigenvalue weighted by Crippen LogP contribution is -2.45. The zero-order valence-corrected chi connectivity index (χ0v) is 20.3. The molecule has 1 aliphatic rings. The number of anilines is 3. The molecule has 0 spiro atoms. The second-order valence-corrected chi connectivity index (χ2v) is 9.05. The highest BCUT2D eigenvalue weighted by atomic mass is 35.5. The summed E-state index contributed by atoms with van der Waals surface area (Å²) in [4.78, 5) is 18.5. The number of hydrogen-bond acceptors (Lipinski definition) is 7. The first kappa shape index (κ1) is 23.5. The minimum atomic E-state index is 0.585. The highest BCUT2D eigenvalue weighted by Gasteiger charge is 2.18. The maximum atomic E-state index is 5.98. The van der Waals surface area contributed by atoms with E-state index in [1.165, 1.54) is 11.1 Å². The Morgan fingerprint density at radius 2 is 1.15 bits per heavy atom. The molecule has 0 amide bonds. The van der Waals surface area contributed by atoms with Gasteiger partial charge in [0.05, 0.1) is 0 Å². The number of likely N-dealkylation sites (N-methyl/N-ethyl adjacent to an activating group) is 1. The van der Waals surface area contributed by atoms with Gasteiger partial charge in [0.1, 0.15) is 0 Å². The fraction of sp³-hybridized carbons (Fsp3) is 0.375. The molecule has 9 heteroatoms. The van der Waals surface area contributed by atoms with E-state index in [9.17, 15) is 0 Å². The van der Waals surface area contributed by atoms with Crippen LogP contribution >= 0.6 is 23.2 Å². The van der Waals surface area contributed by atoms with E-state index in [0.717, 1.165) is 62.2 Å². The summed E-state index contributed by atoms with van der Waals surface area (Å²) >= 11 is 12.0. The van der Waals surface area contributed by atoms with Crippen LogP contribution in [0.4, 0.5) is 17.8 Å². The molecule has 4 rings (SSSR count). The van der Waals surface area contributed by atoms with E-state index in [4.69, 9.17) is 33.2 Å². The third-order valence-corrected chi connectivity index (χ3v) is 6.13. The van der Waals surface area contributed by atoms with Crippen molar-refractivity contribution < 1.29 is 0 Å². The van der Waals surface area contributed by atoms with E-state index >= 15 is 0 Å². The molecule has 1 fully saturated rings. The van der Waals surface area contributed by atoms with Crippen LogP contribution in [-0.4, -0.2) is 66.2 Å². The third-order valence-electron chi connectivity index (χ3n) is 5.63. The predicted molar refractivity (Wildman–Crippen MR) is 137 cm³/mol. The summed E-state index contributed by atoms with van der Waals surface area (Å²) in [5.74, 6) is 1.88. The zero-order chi connectivity index (χ0) is 23.0. The lowest BCUT2D eigenvalue weighted by Gasteiger charge is -2.32. The van der Waals surface area contributed by atoms with E-state index in [-0.39, 0.29) is 0 Å². The zero-order valence-electron chi connectivity index (χ0n) is 18.8. The molecule has 3 aromatic rings. The Hall–Kier alpha value is -2.61. The number of nitrogens with one attached hydrogen (secondary N) is 2. The van der Waals surface area contributed by atoms with E-state index in [1.807, 2.05) is 48.5 Å². The summed E-state index contributed by atoms with van der Waals surface area (Å²) in [7, 11) is 2.14. The number of hydrogen-bond donors (Lipinski definition) is 2. The number of rotatable bonds is 9. The Labute approximate surface area is 205 Å². The molecule has 0 unspecified atom stereocenters. The van der Waals surface area contributed by atoms with Crippen LogP contribution in [0.25, 0.3) is 0 Å². The van der Waals surface area contributed by atoms with Gasteiger partial charge in [-0.05, 0) is 55.3 Å². The molecule has 0 atom stereocenters. The van der Waals surface area contributed by atoms with Gasteiger partial charge in [-0.15, -0.1) is 0 Å². The molecule has 33 heavy (non-hydrogen) atoms. The summed E-state index contributed by atoms with van der Waals surface area (Å²) in [6, 6.07) is 15.8. The van der Waals surface area contributed by atoms with Crippen molar-refractivity contribution in [3.05, 3.63) is 69.7 Å². The number of piperazine rings is 1. The van der Waals surface area contributed by atoms with E-state index in [2.05, 4.69) is 32.5 Å². The van der Waals surface area contributed by atoms with Gasteiger partial charge in [0.2, 0.25) is 17.8 Å². The van der Waals surface area contributed by atoms with Crippen molar-refractivity contribution in [2.75, 3.05) is 61.8 Å². The van der Waals surface area contributed by atoms with Gasteiger partial charge in [-0.2, -0.15) is 15.0 Å². The van der Waals surface area contributed by atoms with Gasteiger partial charge in [-0.3, -0.25) is 0 Å². The molecular formula is C24H29Cl2N7. The van der Waals surface area contributed by atoms with Crippen LogP contribution in [0.5, 0.6) is 0 Å². The summed E-state index contributed by atoms with van der Waals surface area (Å²) in [6.45, 7) is 5.22. The van der Waals surface area contributed by atoms with Gasteiger partial charge >= 0.3 is 0 Å². The number of aromatic nitrogens is 3. The van der Waals surface area contributed by atoms with Crippen molar-refractivity contribution in [3.8, 4) is 0 Å². The summed E-state index contributed by atoms with van der Waals surface area (Å²) in [5, 5.41) is 8.22. The standard InChI is InChI=1S/C24H29Cl2N7/c1-32-14-16-33(17-15-32)24-30-22(27-12-10-18-2-6-20(25)7-3-18)29-23(31-24)28-13-11-19-4-8-21(26)9-5-19/h2-9H,10-17H2,1H3,(H2,27,28,29,30,31). The Morgan fingerprint density at radius 1 is 0.697 bits per heavy atom. The summed E-state index contributed by atoms with van der Waals surface area (Å²) in [5.41, 5.74) is 2.42. The molecule has 0 radical (unpaired) electrons. The highest BCUT2D eigenvalue weighted by Crippen LogP contribution is 2.17. The average molecular weight is 486 g/mol. The molecule has 7 nitrogen and oxygen atoms in total. The topological polar surface area (TPSA) is 69.2 Å². The highest BCUT2D eigenvalue weighted by molar-refractivity contribution is 6.30. The molecule has 1 aliphatic heterocycles. The lowest BCUT2D eigenvalue weighted by atomic mass is 10.1. The molecule has 0 aliphatic carbocycles. The first-order valence-corrected chi connectivity index (χ1v) is 12.0. The minimum Gasteiger partial charge on any atom is -0.354 e. The fourth-order valence-corrected chi connectivity index (χ4v) is 3.86. The molecule has 0 bridgehead atoms. The van der Waals surface area contributed by atoms with Gasteiger partial charge in [-0.1, -0.05) is 47.5 Å². The predicted octanol–water partition coefficient (Wildman–Crippen LogP) is 4.24. The largest absolute Gasteiger partial charge is 0.354 e. The smallest absolute Gasteiger partial charge is 0.232 e. The second kappa shape index (κ2) is 11.5. The second-order valence-electron chi connectivity index (χ2n) is 8.18. The SMILES string of the molecule is CN1CCN(c2nc(NCCc3ccc(Cl)cc3)nc(NCCc3ccc(Cl)cc3)n2)CC1. The monoisotopic (exact) mass is 485 g/mol. The van der Waals surface area contributed by atoms with Gasteiger partial charge in [0, 0.05) is 49.3 Å². The number of nitrogens with zero attached hydrogens (tertiary/aromatic N) is 5. The first-order valence-electron chi connectivity index (χ1n) is 11.2. The molecule has 174 valence electrons. The molecule has 1 aromatic heterocycles. The Balaban J connectivity index is 1.41. The molecule has 2 N–H and O–H groups in total. The van der Waals surface area contributed by atoms with Gasteiger partial charge in [-0.25, -0.2) is 0 Å². The Bertz CT molecular complexity index is 950. The minimum absolute atomic E-state index is 0.585. The molecule has 2 aromatic carbocycles. The third kappa shape index (κ3) is 7.19. The maximum absolute atomic E-state index is 5.98. The molecule has 0 saturated carbocycles. The average Bonchev–Trinajstić information content (AvgIpc) is 2.82. The van der Waals surface area contributed by atoms with E-state index < -0.39 is 0 Å². The maximum Gasteiger partial charge on any atom is 0.232 e. The van der Waals surface area contributed by atoms with Gasteiger partial charge in [0.15, 0.2) is 0 Å². The summed E-state index contributed by atoms with van der Waals surface area (Å²) in [6.07, 6.45) is 1.71. The van der Waals surface area contributed by atoms with Crippen LogP contribution in [0, 0.1) is 0 Å².